The van der Waals surface area contributed by atoms with Crippen LogP contribution >= 0.6 is 11.8 Å². The topological polar surface area (TPSA) is 70.0 Å². The highest BCUT2D eigenvalue weighted by atomic mass is 32.2. The SMILES string of the molecule is CCN(C(=O)c1ccc2c(c1)SC1=NS(=O)(=O)CCN12)c1ccccc1. The number of hydrogen-bond acceptors (Lipinski definition) is 5. The predicted octanol–water partition coefficient (Wildman–Crippen LogP) is 2.96. The molecular formula is C18H17N3O3S2. The van der Waals surface area contributed by atoms with Gasteiger partial charge in [0.15, 0.2) is 5.17 Å². The molecule has 1 amide bonds. The van der Waals surface area contributed by atoms with Crippen molar-refractivity contribution in [2.24, 2.45) is 4.40 Å². The number of carbonyl (C=O) groups excluding carboxylic acids is 1. The Kier molecular flexibility index (Phi) is 4.24. The van der Waals surface area contributed by atoms with Crippen molar-refractivity contribution in [3.8, 4) is 0 Å². The largest absolute Gasteiger partial charge is 0.318 e. The highest BCUT2D eigenvalue weighted by Crippen LogP contribution is 2.42. The number of rotatable bonds is 3. The first-order valence-corrected chi connectivity index (χ1v) is 10.7. The quantitative estimate of drug-likeness (QED) is 0.810. The van der Waals surface area contributed by atoms with Gasteiger partial charge >= 0.3 is 0 Å². The van der Waals surface area contributed by atoms with Gasteiger partial charge in [0, 0.05) is 29.2 Å². The van der Waals surface area contributed by atoms with Crippen molar-refractivity contribution in [3.63, 3.8) is 0 Å². The summed E-state index contributed by atoms with van der Waals surface area (Å²) in [5.41, 5.74) is 2.33. The van der Waals surface area contributed by atoms with Crippen molar-refractivity contribution in [2.75, 3.05) is 28.6 Å². The van der Waals surface area contributed by atoms with Gasteiger partial charge in [0.1, 0.15) is 0 Å². The molecule has 0 saturated heterocycles. The first kappa shape index (κ1) is 17.1. The first-order chi connectivity index (χ1) is 12.5. The summed E-state index contributed by atoms with van der Waals surface area (Å²) in [6.07, 6.45) is 0. The maximum absolute atomic E-state index is 13.0. The third-order valence-corrected chi connectivity index (χ3v) is 6.66. The Bertz CT molecular complexity index is 1000. The van der Waals surface area contributed by atoms with Gasteiger partial charge in [-0.3, -0.25) is 4.79 Å². The van der Waals surface area contributed by atoms with Crippen molar-refractivity contribution < 1.29 is 13.2 Å². The number of amidine groups is 1. The lowest BCUT2D eigenvalue weighted by atomic mass is 10.1. The van der Waals surface area contributed by atoms with Gasteiger partial charge in [0.2, 0.25) is 0 Å². The molecule has 0 fully saturated rings. The summed E-state index contributed by atoms with van der Waals surface area (Å²) in [6, 6.07) is 15.0. The standard InChI is InChI=1S/C18H17N3O3S2/c1-2-20(14-6-4-3-5-7-14)17(22)13-8-9-15-16(12-13)25-18-19-26(23,24)11-10-21(15)18/h3-9,12H,2,10-11H2,1H3. The van der Waals surface area contributed by atoms with Gasteiger partial charge in [-0.1, -0.05) is 18.2 Å². The molecule has 0 spiro atoms. The second kappa shape index (κ2) is 6.44. The molecule has 0 atom stereocenters. The van der Waals surface area contributed by atoms with Gasteiger partial charge < -0.3 is 9.80 Å². The molecule has 4 rings (SSSR count). The molecule has 134 valence electrons. The van der Waals surface area contributed by atoms with Crippen LogP contribution in [0.4, 0.5) is 11.4 Å². The Morgan fingerprint density at radius 1 is 1.23 bits per heavy atom. The zero-order valence-corrected chi connectivity index (χ0v) is 15.8. The maximum atomic E-state index is 13.0. The Labute approximate surface area is 156 Å². The van der Waals surface area contributed by atoms with E-state index in [9.17, 15) is 13.2 Å². The highest BCUT2D eigenvalue weighted by molar-refractivity contribution is 8.15. The van der Waals surface area contributed by atoms with Crippen LogP contribution in [-0.4, -0.2) is 38.3 Å². The minimum absolute atomic E-state index is 0.00873. The fraction of sp³-hybridized carbons (Fsp3) is 0.222. The minimum Gasteiger partial charge on any atom is -0.318 e. The van der Waals surface area contributed by atoms with Crippen molar-refractivity contribution in [1.29, 1.82) is 0 Å². The van der Waals surface area contributed by atoms with Crippen LogP contribution in [0.2, 0.25) is 0 Å². The lowest BCUT2D eigenvalue weighted by molar-refractivity contribution is 0.0988. The van der Waals surface area contributed by atoms with E-state index in [0.717, 1.165) is 16.3 Å². The molecule has 0 radical (unpaired) electrons. The summed E-state index contributed by atoms with van der Waals surface area (Å²) in [6.45, 7) is 2.89. The fourth-order valence-corrected chi connectivity index (χ4v) is 5.37. The van der Waals surface area contributed by atoms with Gasteiger partial charge in [-0.05, 0) is 49.0 Å². The lowest BCUT2D eigenvalue weighted by Crippen LogP contribution is -2.35. The summed E-state index contributed by atoms with van der Waals surface area (Å²) in [5, 5.41) is 0.464. The summed E-state index contributed by atoms with van der Waals surface area (Å²) < 4.78 is 27.3. The lowest BCUT2D eigenvalue weighted by Gasteiger charge is -2.23. The average Bonchev–Trinajstić information content (AvgIpc) is 2.98. The second-order valence-corrected chi connectivity index (χ2v) is 8.74. The number of benzene rings is 2. The molecule has 2 aliphatic heterocycles. The smallest absolute Gasteiger partial charge is 0.258 e. The minimum atomic E-state index is -3.38. The summed E-state index contributed by atoms with van der Waals surface area (Å²) in [5.74, 6) is -0.0732. The molecule has 2 aromatic rings. The number of thioether (sulfide) groups is 1. The molecule has 2 heterocycles. The summed E-state index contributed by atoms with van der Waals surface area (Å²) in [7, 11) is -3.38. The van der Waals surface area contributed by atoms with E-state index < -0.39 is 10.0 Å². The zero-order valence-electron chi connectivity index (χ0n) is 14.1. The number of nitrogens with zero attached hydrogens (tertiary/aromatic N) is 3. The van der Waals surface area contributed by atoms with Crippen LogP contribution in [0.15, 0.2) is 57.8 Å². The van der Waals surface area contributed by atoms with Crippen LogP contribution < -0.4 is 9.80 Å². The molecule has 6 nitrogen and oxygen atoms in total. The monoisotopic (exact) mass is 387 g/mol. The predicted molar refractivity (Wildman–Crippen MR) is 105 cm³/mol. The van der Waals surface area contributed by atoms with E-state index in [0.29, 0.717) is 23.8 Å². The molecule has 8 heteroatoms. The maximum Gasteiger partial charge on any atom is 0.258 e. The van der Waals surface area contributed by atoms with Gasteiger partial charge in [-0.25, -0.2) is 8.42 Å². The molecule has 0 aromatic heterocycles. The molecule has 0 saturated carbocycles. The van der Waals surface area contributed by atoms with Crippen LogP contribution in [0.25, 0.3) is 0 Å². The number of amides is 1. The van der Waals surface area contributed by atoms with E-state index >= 15 is 0 Å². The third-order valence-electron chi connectivity index (χ3n) is 4.35. The second-order valence-electron chi connectivity index (χ2n) is 5.98. The van der Waals surface area contributed by atoms with E-state index in [1.54, 1.807) is 11.0 Å². The van der Waals surface area contributed by atoms with E-state index in [2.05, 4.69) is 4.40 Å². The van der Waals surface area contributed by atoms with Gasteiger partial charge in [0.25, 0.3) is 15.9 Å². The Hall–Kier alpha value is -2.32. The molecule has 2 aliphatic rings. The molecule has 26 heavy (non-hydrogen) atoms. The van der Waals surface area contributed by atoms with Crippen molar-refractivity contribution in [2.45, 2.75) is 11.8 Å². The molecular weight excluding hydrogens is 370 g/mol. The highest BCUT2D eigenvalue weighted by Gasteiger charge is 2.33. The number of para-hydroxylation sites is 1. The van der Waals surface area contributed by atoms with E-state index in [4.69, 9.17) is 0 Å². The molecule has 0 N–H and O–H groups in total. The Morgan fingerprint density at radius 3 is 2.73 bits per heavy atom. The molecule has 0 unspecified atom stereocenters. The van der Waals surface area contributed by atoms with Crippen molar-refractivity contribution in [1.82, 2.24) is 0 Å². The number of carbonyl (C=O) groups is 1. The molecule has 0 bridgehead atoms. The third kappa shape index (κ3) is 2.99. The van der Waals surface area contributed by atoms with Gasteiger partial charge in [0.05, 0.1) is 11.4 Å². The number of sulfonamides is 1. The summed E-state index contributed by atoms with van der Waals surface area (Å²) >= 11 is 1.30. The number of hydrogen-bond donors (Lipinski definition) is 0. The van der Waals surface area contributed by atoms with Crippen LogP contribution in [0.1, 0.15) is 17.3 Å². The average molecular weight is 387 g/mol. The number of anilines is 2. The Balaban J connectivity index is 1.66. The van der Waals surface area contributed by atoms with Crippen LogP contribution in [0.3, 0.4) is 0 Å². The van der Waals surface area contributed by atoms with E-state index in [1.165, 1.54) is 11.8 Å². The molecule has 2 aromatic carbocycles. The van der Waals surface area contributed by atoms with Crippen molar-refractivity contribution >= 4 is 44.2 Å². The van der Waals surface area contributed by atoms with E-state index in [1.807, 2.05) is 54.3 Å². The van der Waals surface area contributed by atoms with Crippen molar-refractivity contribution in [3.05, 3.63) is 54.1 Å². The zero-order chi connectivity index (χ0) is 18.3. The summed E-state index contributed by atoms with van der Waals surface area (Å²) in [4.78, 5) is 17.4. The normalized spacial score (nSPS) is 17.3. The first-order valence-electron chi connectivity index (χ1n) is 8.27. The van der Waals surface area contributed by atoms with Gasteiger partial charge in [-0.2, -0.15) is 0 Å². The fourth-order valence-electron chi connectivity index (χ4n) is 3.07. The van der Waals surface area contributed by atoms with Crippen LogP contribution in [0.5, 0.6) is 0 Å². The van der Waals surface area contributed by atoms with E-state index in [-0.39, 0.29) is 11.7 Å². The molecule has 0 aliphatic carbocycles. The van der Waals surface area contributed by atoms with Gasteiger partial charge in [-0.15, -0.1) is 4.40 Å². The number of fused-ring (bicyclic) bond motifs is 3. The Morgan fingerprint density at radius 2 is 2.00 bits per heavy atom. The van der Waals surface area contributed by atoms with Crippen LogP contribution in [-0.2, 0) is 10.0 Å². The van der Waals surface area contributed by atoms with Crippen LogP contribution in [0, 0.1) is 0 Å².